The van der Waals surface area contributed by atoms with Crippen LogP contribution in [0.1, 0.15) is 24.1 Å². The summed E-state index contributed by atoms with van der Waals surface area (Å²) >= 11 is 0. The van der Waals surface area contributed by atoms with Crippen molar-refractivity contribution < 1.29 is 9.53 Å². The first-order valence-corrected chi connectivity index (χ1v) is 8.65. The number of amides is 1. The highest BCUT2D eigenvalue weighted by atomic mass is 16.6. The van der Waals surface area contributed by atoms with E-state index in [1.54, 1.807) is 12.3 Å². The lowest BCUT2D eigenvalue weighted by molar-refractivity contribution is -0.00679. The molecule has 0 unspecified atom stereocenters. The summed E-state index contributed by atoms with van der Waals surface area (Å²) in [6.45, 7) is 1.14. The van der Waals surface area contributed by atoms with E-state index in [9.17, 15) is 10.1 Å². The number of primary amides is 1. The summed E-state index contributed by atoms with van der Waals surface area (Å²) in [7, 11) is 0. The molecule has 0 atom stereocenters. The maximum absolute atomic E-state index is 11.5. The van der Waals surface area contributed by atoms with Crippen molar-refractivity contribution in [1.29, 1.82) is 5.26 Å². The molecule has 4 rings (SSSR count). The number of nitrogens with one attached hydrogen (secondary N) is 1. The highest BCUT2D eigenvalue weighted by molar-refractivity contribution is 5.81. The average molecular weight is 362 g/mol. The van der Waals surface area contributed by atoms with Crippen LogP contribution in [-0.4, -0.2) is 34.1 Å². The van der Waals surface area contributed by atoms with E-state index in [0.29, 0.717) is 48.6 Å². The number of carbonyl (C=O) groups excluding carboxylic acids is 1. The van der Waals surface area contributed by atoms with Crippen LogP contribution in [0.15, 0.2) is 42.6 Å². The molecule has 1 aromatic carbocycles. The number of nitriles is 1. The molecule has 8 heteroatoms. The van der Waals surface area contributed by atoms with Gasteiger partial charge in [0.2, 0.25) is 5.95 Å². The molecule has 0 saturated carbocycles. The molecular weight excluding hydrogens is 344 g/mol. The molecule has 0 spiro atoms. The number of anilines is 1. The van der Waals surface area contributed by atoms with E-state index in [0.717, 1.165) is 5.56 Å². The Labute approximate surface area is 155 Å². The molecule has 3 N–H and O–H groups in total. The normalized spacial score (nSPS) is 16.0. The molecule has 0 bridgehead atoms. The smallest absolute Gasteiger partial charge is 0.405 e. The van der Waals surface area contributed by atoms with Crippen LogP contribution < -0.4 is 10.6 Å². The zero-order valence-corrected chi connectivity index (χ0v) is 14.6. The van der Waals surface area contributed by atoms with Crippen LogP contribution in [0.4, 0.5) is 10.7 Å². The van der Waals surface area contributed by atoms with E-state index in [-0.39, 0.29) is 0 Å². The summed E-state index contributed by atoms with van der Waals surface area (Å²) in [6.07, 6.45) is 2.05. The fourth-order valence-corrected chi connectivity index (χ4v) is 3.61. The predicted octanol–water partition coefficient (Wildman–Crippen LogP) is 2.42. The molecule has 27 heavy (non-hydrogen) atoms. The van der Waals surface area contributed by atoms with Crippen LogP contribution in [-0.2, 0) is 10.3 Å². The third kappa shape index (κ3) is 3.04. The summed E-state index contributed by atoms with van der Waals surface area (Å²) in [5.41, 5.74) is 6.46. The largest absolute Gasteiger partial charge is 0.438 e. The van der Waals surface area contributed by atoms with E-state index < -0.39 is 11.7 Å². The number of hydrogen-bond acceptors (Lipinski definition) is 6. The van der Waals surface area contributed by atoms with Gasteiger partial charge in [-0.15, -0.1) is 0 Å². The van der Waals surface area contributed by atoms with Crippen molar-refractivity contribution >= 4 is 23.1 Å². The summed E-state index contributed by atoms with van der Waals surface area (Å²) < 4.78 is 5.56. The van der Waals surface area contributed by atoms with Crippen LogP contribution in [0, 0.1) is 11.3 Å². The molecule has 0 radical (unpaired) electrons. The Morgan fingerprint density at radius 2 is 1.96 bits per heavy atom. The van der Waals surface area contributed by atoms with Crippen LogP contribution in [0.2, 0.25) is 0 Å². The van der Waals surface area contributed by atoms with Crippen molar-refractivity contribution in [3.8, 4) is 6.07 Å². The number of nitrogens with zero attached hydrogens (tertiary/aromatic N) is 4. The highest BCUT2D eigenvalue weighted by Gasteiger charge is 2.40. The number of benzene rings is 1. The van der Waals surface area contributed by atoms with E-state index >= 15 is 0 Å². The first-order chi connectivity index (χ1) is 13.1. The van der Waals surface area contributed by atoms with Gasteiger partial charge in [0.05, 0.1) is 5.39 Å². The number of fused-ring (bicyclic) bond motifs is 1. The summed E-state index contributed by atoms with van der Waals surface area (Å²) in [6, 6.07) is 13.5. The fourth-order valence-electron chi connectivity index (χ4n) is 3.61. The van der Waals surface area contributed by atoms with Gasteiger partial charge in [0.15, 0.2) is 5.69 Å². The van der Waals surface area contributed by atoms with Crippen LogP contribution in [0.25, 0.3) is 11.0 Å². The number of H-pyrrole nitrogens is 1. The van der Waals surface area contributed by atoms with Crippen LogP contribution >= 0.6 is 0 Å². The molecule has 2 aromatic heterocycles. The van der Waals surface area contributed by atoms with Gasteiger partial charge in [-0.1, -0.05) is 30.3 Å². The molecule has 1 saturated heterocycles. The van der Waals surface area contributed by atoms with Crippen molar-refractivity contribution in [2.45, 2.75) is 18.4 Å². The maximum Gasteiger partial charge on any atom is 0.405 e. The zero-order valence-electron chi connectivity index (χ0n) is 14.6. The molecule has 1 aliphatic rings. The summed E-state index contributed by atoms with van der Waals surface area (Å²) in [5, 5.41) is 10.1. The maximum atomic E-state index is 11.5. The standard InChI is InChI=1S/C19H18N6O2/c20-12-15-14-6-9-22-16(14)24-18(23-15)25-10-7-19(8-11-25,27-17(21)26)13-4-2-1-3-5-13/h1-6,9H,7-8,10-11H2,(H2,21,26)(H,22,23,24). The van der Waals surface area contributed by atoms with Crippen LogP contribution in [0.3, 0.4) is 0 Å². The Bertz CT molecular complexity index is 1020. The first-order valence-electron chi connectivity index (χ1n) is 8.65. The Morgan fingerprint density at radius 1 is 1.22 bits per heavy atom. The van der Waals surface area contributed by atoms with Crippen molar-refractivity contribution in [3.63, 3.8) is 0 Å². The third-order valence-corrected chi connectivity index (χ3v) is 4.96. The number of aromatic amines is 1. The lowest BCUT2D eigenvalue weighted by Gasteiger charge is -2.41. The Kier molecular flexibility index (Phi) is 4.12. The summed E-state index contributed by atoms with van der Waals surface area (Å²) in [5.74, 6) is 0.488. The minimum Gasteiger partial charge on any atom is -0.438 e. The third-order valence-electron chi connectivity index (χ3n) is 4.96. The molecule has 3 aromatic rings. The number of piperidine rings is 1. The van der Waals surface area contributed by atoms with E-state index in [1.165, 1.54) is 0 Å². The molecule has 1 aliphatic heterocycles. The number of ether oxygens (including phenoxy) is 1. The predicted molar refractivity (Wildman–Crippen MR) is 98.8 cm³/mol. The number of nitrogens with two attached hydrogens (primary N) is 1. The topological polar surface area (TPSA) is 121 Å². The van der Waals surface area contributed by atoms with Gasteiger partial charge in [-0.05, 0) is 11.6 Å². The van der Waals surface area contributed by atoms with Crippen LogP contribution in [0.5, 0.6) is 0 Å². The second-order valence-electron chi connectivity index (χ2n) is 6.49. The minimum atomic E-state index is -0.789. The van der Waals surface area contributed by atoms with Gasteiger partial charge >= 0.3 is 6.09 Å². The quantitative estimate of drug-likeness (QED) is 0.738. The van der Waals surface area contributed by atoms with Crippen molar-refractivity contribution in [1.82, 2.24) is 15.0 Å². The van der Waals surface area contributed by atoms with Gasteiger partial charge in [0.1, 0.15) is 17.3 Å². The van der Waals surface area contributed by atoms with E-state index in [4.69, 9.17) is 10.5 Å². The minimum absolute atomic E-state index is 0.338. The molecule has 1 fully saturated rings. The first kappa shape index (κ1) is 16.8. The second kappa shape index (κ2) is 6.61. The molecule has 3 heterocycles. The van der Waals surface area contributed by atoms with Crippen molar-refractivity contribution in [2.24, 2.45) is 5.73 Å². The fraction of sp³-hybridized carbons (Fsp3) is 0.263. The van der Waals surface area contributed by atoms with Gasteiger partial charge in [0, 0.05) is 32.1 Å². The van der Waals surface area contributed by atoms with Crippen molar-refractivity contribution in [2.75, 3.05) is 18.0 Å². The Morgan fingerprint density at radius 3 is 2.63 bits per heavy atom. The number of aromatic nitrogens is 3. The number of hydrogen-bond donors (Lipinski definition) is 2. The Hall–Kier alpha value is -3.60. The lowest BCUT2D eigenvalue weighted by atomic mass is 9.84. The van der Waals surface area contributed by atoms with Gasteiger partial charge in [-0.25, -0.2) is 9.78 Å². The Balaban J connectivity index is 1.62. The van der Waals surface area contributed by atoms with Gasteiger partial charge in [0.25, 0.3) is 0 Å². The molecular formula is C19H18N6O2. The SMILES string of the molecule is N#Cc1nc(N2CCC(OC(N)=O)(c3ccccc3)CC2)nc2[nH]ccc12. The molecule has 8 nitrogen and oxygen atoms in total. The zero-order chi connectivity index (χ0) is 18.9. The van der Waals surface area contributed by atoms with Gasteiger partial charge < -0.3 is 20.4 Å². The van der Waals surface area contributed by atoms with Gasteiger partial charge in [-0.2, -0.15) is 10.2 Å². The number of rotatable bonds is 3. The number of carbonyl (C=O) groups is 1. The molecule has 136 valence electrons. The van der Waals surface area contributed by atoms with E-state index in [2.05, 4.69) is 21.0 Å². The molecule has 0 aliphatic carbocycles. The van der Waals surface area contributed by atoms with E-state index in [1.807, 2.05) is 35.2 Å². The van der Waals surface area contributed by atoms with Gasteiger partial charge in [-0.3, -0.25) is 0 Å². The second-order valence-corrected chi connectivity index (χ2v) is 6.49. The highest BCUT2D eigenvalue weighted by Crippen LogP contribution is 2.37. The molecule has 1 amide bonds. The van der Waals surface area contributed by atoms with Crippen molar-refractivity contribution in [3.05, 3.63) is 53.9 Å². The monoisotopic (exact) mass is 362 g/mol. The average Bonchev–Trinajstić information content (AvgIpc) is 3.17. The summed E-state index contributed by atoms with van der Waals surface area (Å²) in [4.78, 5) is 25.5. The lowest BCUT2D eigenvalue weighted by Crippen LogP contribution is -2.46.